The van der Waals surface area contributed by atoms with Gasteiger partial charge in [-0.1, -0.05) is 35.9 Å². The number of aromatic nitrogens is 1. The van der Waals surface area contributed by atoms with Gasteiger partial charge in [0.2, 0.25) is 0 Å². The van der Waals surface area contributed by atoms with E-state index in [9.17, 15) is 9.90 Å². The van der Waals surface area contributed by atoms with E-state index in [1.54, 1.807) is 0 Å². The minimum absolute atomic E-state index is 0.117. The first kappa shape index (κ1) is 19.7. The van der Waals surface area contributed by atoms with Crippen molar-refractivity contribution in [3.63, 3.8) is 0 Å². The van der Waals surface area contributed by atoms with Crippen LogP contribution in [0.1, 0.15) is 33.6 Å². The van der Waals surface area contributed by atoms with Crippen LogP contribution in [0.2, 0.25) is 5.02 Å². The number of carboxylic acid groups (broad SMARTS) is 1. The molecule has 3 heterocycles. The molecule has 0 atom stereocenters. The maximum Gasteiger partial charge on any atom is 0.348 e. The normalized spacial score (nSPS) is 15.4. The van der Waals surface area contributed by atoms with E-state index in [-0.39, 0.29) is 16.6 Å². The summed E-state index contributed by atoms with van der Waals surface area (Å²) in [6.07, 6.45) is 5.71. The second-order valence-corrected chi connectivity index (χ2v) is 8.54. The molecular weight excluding hydrogens is 408 g/mol. The molecule has 29 heavy (non-hydrogen) atoms. The van der Waals surface area contributed by atoms with Crippen LogP contribution < -0.4 is 16.4 Å². The molecule has 0 bridgehead atoms. The number of anilines is 2. The van der Waals surface area contributed by atoms with Crippen molar-refractivity contribution >= 4 is 62.8 Å². The van der Waals surface area contributed by atoms with Gasteiger partial charge in [0.05, 0.1) is 5.69 Å². The van der Waals surface area contributed by atoms with Gasteiger partial charge in [0.1, 0.15) is 15.5 Å². The molecule has 2 aromatic heterocycles. The fourth-order valence-corrected chi connectivity index (χ4v) is 4.57. The minimum Gasteiger partial charge on any atom is -0.477 e. The molecule has 0 unspecified atom stereocenters. The number of aromatic carboxylic acids is 1. The Morgan fingerprint density at radius 3 is 2.59 bits per heavy atom. The standard InChI is InChI=1S/C21H21ClN4O2S/c22-14-5-2-12(3-6-14)1-4-13-11-16(26-9-7-15(23)8-10-26)25-20-17(13)18(24)19(29-20)21(27)28/h1-6,11,15H,7-10,23-24H2,(H,27,28)/b4-1+. The van der Waals surface area contributed by atoms with Crippen LogP contribution in [-0.2, 0) is 0 Å². The van der Waals surface area contributed by atoms with Gasteiger partial charge in [-0.2, -0.15) is 0 Å². The molecule has 8 heteroatoms. The zero-order valence-corrected chi connectivity index (χ0v) is 17.2. The second-order valence-electron chi connectivity index (χ2n) is 7.11. The Morgan fingerprint density at radius 2 is 1.93 bits per heavy atom. The summed E-state index contributed by atoms with van der Waals surface area (Å²) >= 11 is 7.07. The van der Waals surface area contributed by atoms with Crippen LogP contribution in [-0.4, -0.2) is 35.2 Å². The number of halogens is 1. The van der Waals surface area contributed by atoms with Gasteiger partial charge in [0.25, 0.3) is 0 Å². The average Bonchev–Trinajstić information content (AvgIpc) is 3.05. The number of thiophene rings is 1. The highest BCUT2D eigenvalue weighted by atomic mass is 35.5. The van der Waals surface area contributed by atoms with E-state index in [1.165, 1.54) is 0 Å². The summed E-state index contributed by atoms with van der Waals surface area (Å²) in [6.45, 7) is 1.65. The van der Waals surface area contributed by atoms with E-state index in [1.807, 2.05) is 42.5 Å². The number of nitrogens with zero attached hydrogens (tertiary/aromatic N) is 2. The van der Waals surface area contributed by atoms with Crippen LogP contribution in [0.3, 0.4) is 0 Å². The molecule has 4 rings (SSSR count). The van der Waals surface area contributed by atoms with Crippen LogP contribution in [0.5, 0.6) is 0 Å². The van der Waals surface area contributed by atoms with Crippen molar-refractivity contribution in [3.8, 4) is 0 Å². The van der Waals surface area contributed by atoms with Gasteiger partial charge in [-0.25, -0.2) is 9.78 Å². The summed E-state index contributed by atoms with van der Waals surface area (Å²) in [6, 6.07) is 9.68. The van der Waals surface area contributed by atoms with Crippen LogP contribution in [0.15, 0.2) is 30.3 Å². The van der Waals surface area contributed by atoms with E-state index < -0.39 is 5.97 Å². The first-order valence-electron chi connectivity index (χ1n) is 9.33. The Morgan fingerprint density at radius 1 is 1.24 bits per heavy atom. The monoisotopic (exact) mass is 428 g/mol. The lowest BCUT2D eigenvalue weighted by atomic mass is 10.0. The molecular formula is C21H21ClN4O2S. The molecule has 0 radical (unpaired) electrons. The molecule has 0 amide bonds. The number of benzene rings is 1. The number of hydrogen-bond acceptors (Lipinski definition) is 6. The van der Waals surface area contributed by atoms with Gasteiger partial charge in [0, 0.05) is 29.5 Å². The third kappa shape index (κ3) is 4.07. The first-order valence-corrected chi connectivity index (χ1v) is 10.5. The summed E-state index contributed by atoms with van der Waals surface area (Å²) in [4.78, 5) is 19.2. The number of carboxylic acids is 1. The van der Waals surface area contributed by atoms with Crippen molar-refractivity contribution in [1.29, 1.82) is 0 Å². The van der Waals surface area contributed by atoms with E-state index in [0.717, 1.165) is 54.2 Å². The lowest BCUT2D eigenvalue weighted by Gasteiger charge is -2.31. The number of nitrogens with two attached hydrogens (primary N) is 2. The molecule has 1 aliphatic heterocycles. The molecule has 0 saturated carbocycles. The SMILES string of the molecule is Nc1c(C(=O)O)sc2nc(N3CCC(N)CC3)cc(/C=C/c3ccc(Cl)cc3)c12. The summed E-state index contributed by atoms with van der Waals surface area (Å²) < 4.78 is 0. The Labute approximate surface area is 177 Å². The lowest BCUT2D eigenvalue weighted by Crippen LogP contribution is -2.40. The van der Waals surface area contributed by atoms with Crippen LogP contribution in [0.4, 0.5) is 11.5 Å². The van der Waals surface area contributed by atoms with Crippen molar-refractivity contribution in [2.45, 2.75) is 18.9 Å². The van der Waals surface area contributed by atoms with Gasteiger partial charge in [-0.15, -0.1) is 11.3 Å². The van der Waals surface area contributed by atoms with Crippen LogP contribution >= 0.6 is 22.9 Å². The van der Waals surface area contributed by atoms with Crippen molar-refractivity contribution in [2.24, 2.45) is 5.73 Å². The number of carbonyl (C=O) groups is 1. The Balaban J connectivity index is 1.80. The average molecular weight is 429 g/mol. The number of pyridine rings is 1. The number of piperidine rings is 1. The Bertz CT molecular complexity index is 1090. The highest BCUT2D eigenvalue weighted by Crippen LogP contribution is 2.38. The zero-order chi connectivity index (χ0) is 20.5. The number of hydrogen-bond donors (Lipinski definition) is 3. The third-order valence-electron chi connectivity index (χ3n) is 5.10. The maximum absolute atomic E-state index is 11.6. The van der Waals surface area contributed by atoms with E-state index in [2.05, 4.69) is 4.90 Å². The third-order valence-corrected chi connectivity index (χ3v) is 6.44. The molecule has 1 aliphatic rings. The van der Waals surface area contributed by atoms with E-state index in [0.29, 0.717) is 15.2 Å². The predicted octanol–water partition coefficient (Wildman–Crippen LogP) is 4.33. The maximum atomic E-state index is 11.6. The zero-order valence-electron chi connectivity index (χ0n) is 15.6. The summed E-state index contributed by atoms with van der Waals surface area (Å²) in [5, 5.41) is 10.8. The number of nitrogen functional groups attached to an aromatic ring is 1. The molecule has 1 fully saturated rings. The van der Waals surface area contributed by atoms with E-state index in [4.69, 9.17) is 28.1 Å². The highest BCUT2D eigenvalue weighted by Gasteiger charge is 2.22. The van der Waals surface area contributed by atoms with Gasteiger partial charge in [-0.3, -0.25) is 0 Å². The van der Waals surface area contributed by atoms with Crippen molar-refractivity contribution in [3.05, 3.63) is 51.4 Å². The predicted molar refractivity (Wildman–Crippen MR) is 121 cm³/mol. The van der Waals surface area contributed by atoms with E-state index >= 15 is 0 Å². The Hall–Kier alpha value is -2.61. The quantitative estimate of drug-likeness (QED) is 0.571. The number of fused-ring (bicyclic) bond motifs is 1. The van der Waals surface area contributed by atoms with Gasteiger partial charge < -0.3 is 21.5 Å². The van der Waals surface area contributed by atoms with Gasteiger partial charge >= 0.3 is 5.97 Å². The lowest BCUT2D eigenvalue weighted by molar-refractivity contribution is 0.0703. The molecule has 0 aliphatic carbocycles. The summed E-state index contributed by atoms with van der Waals surface area (Å²) in [7, 11) is 0. The summed E-state index contributed by atoms with van der Waals surface area (Å²) in [5.74, 6) is -0.220. The van der Waals surface area contributed by atoms with Gasteiger partial charge in [-0.05, 0) is 42.2 Å². The molecule has 5 N–H and O–H groups in total. The minimum atomic E-state index is -1.04. The molecule has 150 valence electrons. The Kier molecular flexibility index (Phi) is 5.45. The van der Waals surface area contributed by atoms with Crippen molar-refractivity contribution in [1.82, 2.24) is 4.98 Å². The molecule has 6 nitrogen and oxygen atoms in total. The van der Waals surface area contributed by atoms with Crippen LogP contribution in [0, 0.1) is 0 Å². The summed E-state index contributed by atoms with van der Waals surface area (Å²) in [5.41, 5.74) is 14.3. The van der Waals surface area contributed by atoms with Gasteiger partial charge in [0.15, 0.2) is 0 Å². The molecule has 3 aromatic rings. The first-order chi connectivity index (χ1) is 13.9. The fraction of sp³-hybridized carbons (Fsp3) is 0.238. The van der Waals surface area contributed by atoms with Crippen molar-refractivity contribution in [2.75, 3.05) is 23.7 Å². The van der Waals surface area contributed by atoms with Crippen molar-refractivity contribution < 1.29 is 9.90 Å². The molecule has 1 aromatic carbocycles. The second kappa shape index (κ2) is 8.02. The molecule has 0 spiro atoms. The fourth-order valence-electron chi connectivity index (χ4n) is 3.48. The molecule has 1 saturated heterocycles. The highest BCUT2D eigenvalue weighted by molar-refractivity contribution is 7.21. The van der Waals surface area contributed by atoms with Crippen LogP contribution in [0.25, 0.3) is 22.4 Å². The largest absolute Gasteiger partial charge is 0.477 e. The number of rotatable bonds is 4. The smallest absolute Gasteiger partial charge is 0.348 e. The topological polar surface area (TPSA) is 105 Å².